The summed E-state index contributed by atoms with van der Waals surface area (Å²) in [6.07, 6.45) is 7.44. The Morgan fingerprint density at radius 2 is 1.29 bits per heavy atom. The number of rotatable bonds is 3. The average Bonchev–Trinajstić information content (AvgIpc) is 2.22. The van der Waals surface area contributed by atoms with Crippen molar-refractivity contribution >= 4 is 0 Å². The molecule has 1 rings (SSSR count). The molecule has 0 heterocycles. The van der Waals surface area contributed by atoms with Crippen molar-refractivity contribution in [3.05, 3.63) is 0 Å². The topological polar surface area (TPSA) is 3.24 Å². The fraction of sp³-hybridized carbons (Fsp3) is 1.00. The van der Waals surface area contributed by atoms with Gasteiger partial charge in [0.25, 0.3) is 0 Å². The monoisotopic (exact) mass is 199 g/mol. The van der Waals surface area contributed by atoms with Crippen molar-refractivity contribution < 1.29 is 0 Å². The molecule has 1 saturated carbocycles. The van der Waals surface area contributed by atoms with Gasteiger partial charge < -0.3 is 4.90 Å². The summed E-state index contributed by atoms with van der Waals surface area (Å²) < 4.78 is 0. The van der Waals surface area contributed by atoms with Crippen LogP contribution in [-0.2, 0) is 0 Å². The fourth-order valence-corrected chi connectivity index (χ4v) is 1.98. The van der Waals surface area contributed by atoms with Gasteiger partial charge in [-0.15, -0.1) is 0 Å². The van der Waals surface area contributed by atoms with Crippen molar-refractivity contribution in [2.24, 2.45) is 5.92 Å². The maximum atomic E-state index is 2.38. The van der Waals surface area contributed by atoms with Crippen LogP contribution in [0.3, 0.4) is 0 Å². The first-order chi connectivity index (χ1) is 6.74. The van der Waals surface area contributed by atoms with Gasteiger partial charge >= 0.3 is 0 Å². The predicted molar refractivity (Wildman–Crippen MR) is 65.7 cm³/mol. The smallest absolute Gasteiger partial charge is 0.00474 e. The van der Waals surface area contributed by atoms with Gasteiger partial charge in [0, 0.05) is 0 Å². The van der Waals surface area contributed by atoms with Crippen LogP contribution in [0, 0.1) is 5.92 Å². The molecule has 0 bridgehead atoms. The Balaban J connectivity index is 0.000000241. The van der Waals surface area contributed by atoms with Gasteiger partial charge in [-0.1, -0.05) is 59.8 Å². The second-order valence-corrected chi connectivity index (χ2v) is 4.36. The molecule has 0 aromatic heterocycles. The van der Waals surface area contributed by atoms with Gasteiger partial charge in [0.1, 0.15) is 0 Å². The molecule has 0 N–H and O–H groups in total. The van der Waals surface area contributed by atoms with Gasteiger partial charge in [-0.3, -0.25) is 0 Å². The van der Waals surface area contributed by atoms with Crippen molar-refractivity contribution in [3.63, 3.8) is 0 Å². The minimum atomic E-state index is 1.04. The van der Waals surface area contributed by atoms with Crippen molar-refractivity contribution in [1.82, 2.24) is 4.90 Å². The molecule has 1 nitrogen and oxygen atoms in total. The maximum absolute atomic E-state index is 2.38. The van der Waals surface area contributed by atoms with E-state index >= 15 is 0 Å². The van der Waals surface area contributed by atoms with Gasteiger partial charge in [0.15, 0.2) is 0 Å². The van der Waals surface area contributed by atoms with E-state index in [9.17, 15) is 0 Å². The summed E-state index contributed by atoms with van der Waals surface area (Å²) in [4.78, 5) is 2.38. The molecule has 14 heavy (non-hydrogen) atoms. The van der Waals surface area contributed by atoms with E-state index in [2.05, 4.69) is 32.6 Å². The third-order valence-electron chi connectivity index (χ3n) is 3.24. The van der Waals surface area contributed by atoms with Crippen molar-refractivity contribution in [2.45, 2.75) is 59.8 Å². The molecule has 0 aliphatic heterocycles. The molecule has 1 heteroatoms. The van der Waals surface area contributed by atoms with Crippen LogP contribution in [0.25, 0.3) is 0 Å². The first-order valence-corrected chi connectivity index (χ1v) is 6.46. The Labute approximate surface area is 90.9 Å². The normalized spacial score (nSPS) is 17.8. The fourth-order valence-electron chi connectivity index (χ4n) is 1.98. The summed E-state index contributed by atoms with van der Waals surface area (Å²) in [5, 5.41) is 0. The number of hydrogen-bond donors (Lipinski definition) is 0. The Morgan fingerprint density at radius 3 is 1.43 bits per heavy atom. The van der Waals surface area contributed by atoms with Gasteiger partial charge in [-0.25, -0.2) is 0 Å². The molecule has 1 aliphatic carbocycles. The molecule has 0 aromatic carbocycles. The van der Waals surface area contributed by atoms with Crippen molar-refractivity contribution in [3.8, 4) is 0 Å². The lowest BCUT2D eigenvalue weighted by atomic mass is 9.91. The Morgan fingerprint density at radius 1 is 0.857 bits per heavy atom. The van der Waals surface area contributed by atoms with E-state index in [4.69, 9.17) is 0 Å². The summed E-state index contributed by atoms with van der Waals surface area (Å²) in [5.41, 5.74) is 0. The van der Waals surface area contributed by atoms with E-state index in [-0.39, 0.29) is 0 Å². The minimum Gasteiger partial charge on any atom is -0.304 e. The third kappa shape index (κ3) is 7.37. The van der Waals surface area contributed by atoms with Gasteiger partial charge in [-0.2, -0.15) is 0 Å². The average molecular weight is 199 g/mol. The molecule has 86 valence electrons. The van der Waals surface area contributed by atoms with Gasteiger partial charge in [-0.05, 0) is 25.6 Å². The molecule has 0 unspecified atom stereocenters. The zero-order valence-electron chi connectivity index (χ0n) is 10.7. The molecule has 0 aromatic rings. The van der Waals surface area contributed by atoms with E-state index < -0.39 is 0 Å². The maximum Gasteiger partial charge on any atom is -0.00474 e. The lowest BCUT2D eigenvalue weighted by Gasteiger charge is -2.15. The molecule has 0 atom stereocenters. The standard InChI is InChI=1S/C7H14.C6H15N/c1-7-5-3-2-4-6-7;1-4-7(5-2)6-3/h7H,2-6H2,1H3;4-6H2,1-3H3. The number of hydrogen-bond acceptors (Lipinski definition) is 1. The predicted octanol–water partition coefficient (Wildman–Crippen LogP) is 3.93. The molecular formula is C13H29N. The first kappa shape index (κ1) is 14.0. The summed E-state index contributed by atoms with van der Waals surface area (Å²) in [5.74, 6) is 1.04. The zero-order valence-corrected chi connectivity index (χ0v) is 10.7. The quantitative estimate of drug-likeness (QED) is 0.665. The van der Waals surface area contributed by atoms with Gasteiger partial charge in [0.05, 0.1) is 0 Å². The van der Waals surface area contributed by atoms with E-state index in [0.717, 1.165) is 5.92 Å². The minimum absolute atomic E-state index is 1.04. The van der Waals surface area contributed by atoms with Crippen LogP contribution in [0.5, 0.6) is 0 Å². The lowest BCUT2D eigenvalue weighted by molar-refractivity contribution is 0.321. The second kappa shape index (κ2) is 9.51. The van der Waals surface area contributed by atoms with Crippen LogP contribution >= 0.6 is 0 Å². The highest BCUT2D eigenvalue weighted by Crippen LogP contribution is 2.22. The van der Waals surface area contributed by atoms with Crippen LogP contribution in [0.1, 0.15) is 59.8 Å². The Kier molecular flexibility index (Phi) is 9.49. The zero-order chi connectivity index (χ0) is 10.8. The molecule has 1 fully saturated rings. The van der Waals surface area contributed by atoms with Crippen LogP contribution < -0.4 is 0 Å². The van der Waals surface area contributed by atoms with E-state index in [1.807, 2.05) is 0 Å². The van der Waals surface area contributed by atoms with E-state index in [1.165, 1.54) is 51.7 Å². The van der Waals surface area contributed by atoms with Crippen LogP contribution in [0.2, 0.25) is 0 Å². The van der Waals surface area contributed by atoms with Crippen LogP contribution in [0.15, 0.2) is 0 Å². The summed E-state index contributed by atoms with van der Waals surface area (Å²) in [7, 11) is 0. The van der Waals surface area contributed by atoms with E-state index in [1.54, 1.807) is 0 Å². The molecule has 0 saturated heterocycles. The van der Waals surface area contributed by atoms with E-state index in [0.29, 0.717) is 0 Å². The molecule has 0 amide bonds. The second-order valence-electron chi connectivity index (χ2n) is 4.36. The van der Waals surface area contributed by atoms with Gasteiger partial charge in [0.2, 0.25) is 0 Å². The van der Waals surface area contributed by atoms with Crippen LogP contribution in [-0.4, -0.2) is 24.5 Å². The summed E-state index contributed by atoms with van der Waals surface area (Å²) >= 11 is 0. The van der Waals surface area contributed by atoms with Crippen molar-refractivity contribution in [2.75, 3.05) is 19.6 Å². The largest absolute Gasteiger partial charge is 0.304 e. The Hall–Kier alpha value is -0.0400. The summed E-state index contributed by atoms with van der Waals surface area (Å²) in [6.45, 7) is 12.5. The first-order valence-electron chi connectivity index (χ1n) is 6.46. The molecule has 1 aliphatic rings. The summed E-state index contributed by atoms with van der Waals surface area (Å²) in [6, 6.07) is 0. The number of nitrogens with zero attached hydrogens (tertiary/aromatic N) is 1. The Bertz CT molecular complexity index is 96.3. The molecule has 0 radical (unpaired) electrons. The van der Waals surface area contributed by atoms with Crippen molar-refractivity contribution in [1.29, 1.82) is 0 Å². The molecule has 0 spiro atoms. The third-order valence-corrected chi connectivity index (χ3v) is 3.24. The molecular weight excluding hydrogens is 170 g/mol. The highest BCUT2D eigenvalue weighted by atomic mass is 15.1. The highest BCUT2D eigenvalue weighted by molar-refractivity contribution is 4.59. The SMILES string of the molecule is CC1CCCCC1.CCN(CC)CC. The van der Waals surface area contributed by atoms with Crippen LogP contribution in [0.4, 0.5) is 0 Å². The highest BCUT2D eigenvalue weighted by Gasteiger charge is 2.05. The lowest BCUT2D eigenvalue weighted by Crippen LogP contribution is -2.21.